The molecular weight excluding hydrogens is 565 g/mol. The lowest BCUT2D eigenvalue weighted by Crippen LogP contribution is -2.51. The maximum atomic E-state index is 15.1. The van der Waals surface area contributed by atoms with Crippen LogP contribution in [0.1, 0.15) is 44.7 Å². The topological polar surface area (TPSA) is 106 Å². The Hall–Kier alpha value is -4.33. The van der Waals surface area contributed by atoms with Crippen molar-refractivity contribution in [1.82, 2.24) is 20.2 Å². The second-order valence-electron chi connectivity index (χ2n) is 10.0. The first-order valence-corrected chi connectivity index (χ1v) is 13.0. The van der Waals surface area contributed by atoms with Crippen molar-refractivity contribution in [3.63, 3.8) is 0 Å². The number of aromatic nitrogens is 2. The van der Waals surface area contributed by atoms with Crippen molar-refractivity contribution in [2.75, 3.05) is 32.6 Å². The predicted octanol–water partition coefficient (Wildman–Crippen LogP) is 5.08. The first kappa shape index (κ1) is 29.2. The molecule has 2 unspecified atom stereocenters. The number of Topliss-reactive ketones (excluding diaryl/α,β-unsaturated/α-hetero) is 1. The Morgan fingerprint density at radius 3 is 2.67 bits per heavy atom. The minimum Gasteiger partial charge on any atom is -0.495 e. The Labute approximate surface area is 237 Å². The van der Waals surface area contributed by atoms with E-state index in [0.717, 1.165) is 12.1 Å². The SMILES string of the molecule is COc1cc(C(=O)NC2CCN(C)CC2F)c(F)cc1Nc1ncc(C(F)(F)F)c(Oc2cccc3c2C(=O)CC3)n1. The number of carbonyl (C=O) groups is 2. The van der Waals surface area contributed by atoms with Gasteiger partial charge in [0.05, 0.1) is 30.0 Å². The number of aryl methyl sites for hydroxylation is 1. The lowest BCUT2D eigenvalue weighted by Gasteiger charge is -2.32. The van der Waals surface area contributed by atoms with Gasteiger partial charge in [-0.1, -0.05) is 12.1 Å². The van der Waals surface area contributed by atoms with Crippen molar-refractivity contribution in [2.45, 2.75) is 37.7 Å². The molecule has 1 fully saturated rings. The van der Waals surface area contributed by atoms with E-state index in [4.69, 9.17) is 9.47 Å². The molecule has 2 heterocycles. The number of ether oxygens (including phenoxy) is 2. The summed E-state index contributed by atoms with van der Waals surface area (Å²) in [6, 6.07) is 5.80. The molecule has 2 aliphatic rings. The van der Waals surface area contributed by atoms with E-state index in [1.807, 2.05) is 0 Å². The highest BCUT2D eigenvalue weighted by atomic mass is 19.4. The maximum Gasteiger partial charge on any atom is 0.423 e. The van der Waals surface area contributed by atoms with Gasteiger partial charge in [0.15, 0.2) is 5.78 Å². The molecular formula is C28H26F5N5O4. The van der Waals surface area contributed by atoms with Crippen LogP contribution in [0.3, 0.4) is 0 Å². The summed E-state index contributed by atoms with van der Waals surface area (Å²) in [5.41, 5.74) is -0.961. The number of hydrogen-bond acceptors (Lipinski definition) is 8. The van der Waals surface area contributed by atoms with Crippen molar-refractivity contribution in [3.05, 3.63) is 64.6 Å². The number of fused-ring (bicyclic) bond motifs is 1. The number of likely N-dealkylation sites (tertiary alicyclic amines) is 1. The third-order valence-corrected chi connectivity index (χ3v) is 7.12. The summed E-state index contributed by atoms with van der Waals surface area (Å²) in [5.74, 6) is -3.52. The van der Waals surface area contributed by atoms with E-state index in [0.29, 0.717) is 31.1 Å². The molecule has 0 bridgehead atoms. The zero-order chi connectivity index (χ0) is 30.2. The highest BCUT2D eigenvalue weighted by molar-refractivity contribution is 6.03. The van der Waals surface area contributed by atoms with Crippen LogP contribution in [0.4, 0.5) is 33.6 Å². The lowest BCUT2D eigenvalue weighted by atomic mass is 10.0. The van der Waals surface area contributed by atoms with Gasteiger partial charge >= 0.3 is 6.18 Å². The van der Waals surface area contributed by atoms with E-state index < -0.39 is 53.1 Å². The number of nitrogens with one attached hydrogen (secondary N) is 2. The monoisotopic (exact) mass is 591 g/mol. The van der Waals surface area contributed by atoms with E-state index >= 15 is 4.39 Å². The fourth-order valence-electron chi connectivity index (χ4n) is 4.94. The number of ketones is 1. The summed E-state index contributed by atoms with van der Waals surface area (Å²) in [6.45, 7) is 0.684. The molecule has 5 rings (SSSR count). The average molecular weight is 592 g/mol. The molecule has 1 amide bonds. The molecule has 9 nitrogen and oxygen atoms in total. The van der Waals surface area contributed by atoms with Crippen molar-refractivity contribution in [2.24, 2.45) is 0 Å². The van der Waals surface area contributed by atoms with Crippen molar-refractivity contribution in [3.8, 4) is 17.4 Å². The number of carbonyl (C=O) groups excluding carboxylic acids is 2. The van der Waals surface area contributed by atoms with E-state index in [-0.39, 0.29) is 41.5 Å². The molecule has 1 aliphatic heterocycles. The second kappa shape index (κ2) is 11.5. The maximum absolute atomic E-state index is 15.1. The number of benzene rings is 2. The van der Waals surface area contributed by atoms with Crippen LogP contribution in [0.15, 0.2) is 36.5 Å². The number of nitrogens with zero attached hydrogens (tertiary/aromatic N) is 3. The number of hydrogen-bond donors (Lipinski definition) is 2. The summed E-state index contributed by atoms with van der Waals surface area (Å²) >= 11 is 0. The van der Waals surface area contributed by atoms with Crippen LogP contribution < -0.4 is 20.1 Å². The van der Waals surface area contributed by atoms with Crippen LogP contribution in [0.5, 0.6) is 17.4 Å². The number of halogens is 5. The van der Waals surface area contributed by atoms with Crippen LogP contribution in [-0.4, -0.2) is 66.0 Å². The minimum absolute atomic E-state index is 0.0563. The van der Waals surface area contributed by atoms with Gasteiger partial charge in [0.1, 0.15) is 29.1 Å². The van der Waals surface area contributed by atoms with Gasteiger partial charge in [0, 0.05) is 31.8 Å². The van der Waals surface area contributed by atoms with Gasteiger partial charge < -0.3 is 25.0 Å². The molecule has 0 radical (unpaired) electrons. The molecule has 14 heteroatoms. The normalized spacial score (nSPS) is 18.9. The second-order valence-corrected chi connectivity index (χ2v) is 10.0. The quantitative estimate of drug-likeness (QED) is 0.367. The smallest absolute Gasteiger partial charge is 0.423 e. The fraction of sp³-hybridized carbons (Fsp3) is 0.357. The molecule has 42 heavy (non-hydrogen) atoms. The van der Waals surface area contributed by atoms with E-state index in [2.05, 4.69) is 20.6 Å². The molecule has 2 N–H and O–H groups in total. The highest BCUT2D eigenvalue weighted by Gasteiger charge is 2.37. The van der Waals surface area contributed by atoms with Crippen LogP contribution in [0, 0.1) is 5.82 Å². The first-order chi connectivity index (χ1) is 19.9. The number of rotatable bonds is 7. The zero-order valence-electron chi connectivity index (χ0n) is 22.5. The van der Waals surface area contributed by atoms with Gasteiger partial charge in [-0.2, -0.15) is 18.2 Å². The first-order valence-electron chi connectivity index (χ1n) is 13.0. The Bertz CT molecular complexity index is 1530. The molecule has 2 aromatic carbocycles. The minimum atomic E-state index is -4.89. The van der Waals surface area contributed by atoms with E-state index in [9.17, 15) is 27.2 Å². The summed E-state index contributed by atoms with van der Waals surface area (Å²) in [4.78, 5) is 34.4. The van der Waals surface area contributed by atoms with Gasteiger partial charge in [-0.25, -0.2) is 13.8 Å². The molecule has 1 aliphatic carbocycles. The Morgan fingerprint density at radius 1 is 1.17 bits per heavy atom. The zero-order valence-corrected chi connectivity index (χ0v) is 22.5. The van der Waals surface area contributed by atoms with Crippen molar-refractivity contribution < 1.29 is 41.0 Å². The fourth-order valence-corrected chi connectivity index (χ4v) is 4.94. The van der Waals surface area contributed by atoms with Gasteiger partial charge in [-0.05, 0) is 37.6 Å². The summed E-state index contributed by atoms with van der Waals surface area (Å²) < 4.78 is 81.6. The van der Waals surface area contributed by atoms with E-state index in [1.54, 1.807) is 24.1 Å². The molecule has 1 saturated heterocycles. The number of alkyl halides is 4. The van der Waals surface area contributed by atoms with Crippen LogP contribution in [-0.2, 0) is 12.6 Å². The molecule has 0 spiro atoms. The largest absolute Gasteiger partial charge is 0.495 e. The summed E-state index contributed by atoms with van der Waals surface area (Å²) in [6.07, 6.45) is -4.72. The number of anilines is 2. The number of amides is 1. The van der Waals surface area contributed by atoms with Crippen molar-refractivity contribution in [1.29, 1.82) is 0 Å². The Balaban J connectivity index is 1.42. The van der Waals surface area contributed by atoms with Gasteiger partial charge in [-0.15, -0.1) is 0 Å². The molecule has 2 atom stereocenters. The predicted molar refractivity (Wildman–Crippen MR) is 141 cm³/mol. The summed E-state index contributed by atoms with van der Waals surface area (Å²) in [7, 11) is 2.99. The van der Waals surface area contributed by atoms with Gasteiger partial charge in [0.25, 0.3) is 5.91 Å². The number of methoxy groups -OCH3 is 1. The third kappa shape index (κ3) is 5.98. The average Bonchev–Trinajstić information content (AvgIpc) is 3.31. The van der Waals surface area contributed by atoms with E-state index in [1.165, 1.54) is 13.2 Å². The third-order valence-electron chi connectivity index (χ3n) is 7.12. The van der Waals surface area contributed by atoms with Crippen LogP contribution >= 0.6 is 0 Å². The number of piperidine rings is 1. The van der Waals surface area contributed by atoms with Crippen LogP contribution in [0.2, 0.25) is 0 Å². The highest BCUT2D eigenvalue weighted by Crippen LogP contribution is 2.40. The van der Waals surface area contributed by atoms with Crippen LogP contribution in [0.25, 0.3) is 0 Å². The lowest BCUT2D eigenvalue weighted by molar-refractivity contribution is -0.139. The van der Waals surface area contributed by atoms with Crippen molar-refractivity contribution >= 4 is 23.3 Å². The van der Waals surface area contributed by atoms with Gasteiger partial charge in [0.2, 0.25) is 11.8 Å². The van der Waals surface area contributed by atoms with Gasteiger partial charge in [-0.3, -0.25) is 9.59 Å². The molecule has 1 aromatic heterocycles. The summed E-state index contributed by atoms with van der Waals surface area (Å²) in [5, 5.41) is 5.10. The molecule has 222 valence electrons. The molecule has 3 aromatic rings. The standard InChI is InChI=1S/C28H26F5N5O4/c1-38-9-8-19(18(30)13-38)35-25(40)15-10-23(41-2)20(11-17(15)29)36-27-34-12-16(28(31,32)33)26(37-27)42-22-5-3-4-14-6-7-21(39)24(14)22/h3-5,10-12,18-19H,6-9,13H2,1-2H3,(H,35,40)(H,34,36,37). The Kier molecular flexibility index (Phi) is 7.99. The Morgan fingerprint density at radius 2 is 1.95 bits per heavy atom. The molecule has 0 saturated carbocycles.